The summed E-state index contributed by atoms with van der Waals surface area (Å²) in [5.41, 5.74) is 8.82. The molecule has 0 amide bonds. The van der Waals surface area contributed by atoms with Crippen LogP contribution in [-0.2, 0) is 13.0 Å². The van der Waals surface area contributed by atoms with Gasteiger partial charge in [-0.1, -0.05) is 24.3 Å². The molecule has 0 aliphatic carbocycles. The van der Waals surface area contributed by atoms with Gasteiger partial charge >= 0.3 is 0 Å². The van der Waals surface area contributed by atoms with Crippen molar-refractivity contribution in [2.75, 3.05) is 5.73 Å². The molecule has 0 spiro atoms. The molecule has 0 aliphatic heterocycles. The van der Waals surface area contributed by atoms with Crippen molar-refractivity contribution >= 4 is 17.1 Å². The third-order valence-electron chi connectivity index (χ3n) is 3.44. The first-order valence-electron chi connectivity index (χ1n) is 6.40. The van der Waals surface area contributed by atoms with Gasteiger partial charge in [-0.25, -0.2) is 4.98 Å². The summed E-state index contributed by atoms with van der Waals surface area (Å²) in [4.78, 5) is 23.2. The number of fused-ring (bicyclic) bond motifs is 1. The van der Waals surface area contributed by atoms with E-state index in [9.17, 15) is 4.79 Å². The van der Waals surface area contributed by atoms with Gasteiger partial charge in [0.1, 0.15) is 0 Å². The lowest BCUT2D eigenvalue weighted by Crippen LogP contribution is -2.25. The molecule has 2 aromatic heterocycles. The highest BCUT2D eigenvalue weighted by Gasteiger charge is 2.10. The molecule has 102 valence electrons. The van der Waals surface area contributed by atoms with Gasteiger partial charge in [0.25, 0.3) is 5.56 Å². The number of nitrogens with one attached hydrogen (secondary N) is 1. The average Bonchev–Trinajstić information content (AvgIpc) is 2.88. The molecule has 3 rings (SSSR count). The van der Waals surface area contributed by atoms with E-state index in [-0.39, 0.29) is 11.5 Å². The van der Waals surface area contributed by atoms with E-state index in [4.69, 9.17) is 5.73 Å². The predicted octanol–water partition coefficient (Wildman–Crippen LogP) is 1.25. The third-order valence-corrected chi connectivity index (χ3v) is 3.44. The number of aryl methyl sites for hydroxylation is 2. The molecule has 0 atom stereocenters. The molecule has 20 heavy (non-hydrogen) atoms. The van der Waals surface area contributed by atoms with Crippen LogP contribution in [0, 0.1) is 6.92 Å². The summed E-state index contributed by atoms with van der Waals surface area (Å²) in [6.07, 6.45) is 2.18. The Labute approximate surface area is 115 Å². The lowest BCUT2D eigenvalue weighted by molar-refractivity contribution is 0.671. The number of aromatic nitrogens is 4. The van der Waals surface area contributed by atoms with Gasteiger partial charge < -0.3 is 10.7 Å². The van der Waals surface area contributed by atoms with E-state index >= 15 is 0 Å². The zero-order valence-electron chi connectivity index (χ0n) is 11.1. The second kappa shape index (κ2) is 4.80. The third kappa shape index (κ3) is 2.05. The van der Waals surface area contributed by atoms with Crippen molar-refractivity contribution in [2.24, 2.45) is 0 Å². The molecule has 6 nitrogen and oxygen atoms in total. The molecule has 0 unspecified atom stereocenters. The highest BCUT2D eigenvalue weighted by Crippen LogP contribution is 2.10. The van der Waals surface area contributed by atoms with Crippen molar-refractivity contribution in [3.63, 3.8) is 0 Å². The first kappa shape index (κ1) is 12.4. The number of nitrogens with two attached hydrogens (primary N) is 1. The van der Waals surface area contributed by atoms with Gasteiger partial charge in [0, 0.05) is 6.54 Å². The number of hydrogen-bond donors (Lipinski definition) is 2. The zero-order valence-corrected chi connectivity index (χ0v) is 11.1. The predicted molar refractivity (Wildman–Crippen MR) is 77.4 cm³/mol. The molecule has 0 fully saturated rings. The molecule has 3 aromatic rings. The number of H-pyrrole nitrogens is 1. The van der Waals surface area contributed by atoms with Crippen LogP contribution in [-0.4, -0.2) is 19.5 Å². The Hall–Kier alpha value is -2.63. The molecule has 3 N–H and O–H groups in total. The normalized spacial score (nSPS) is 11.1. The number of rotatable bonds is 3. The molecule has 0 saturated heterocycles. The molecular weight excluding hydrogens is 254 g/mol. The first-order valence-corrected chi connectivity index (χ1v) is 6.40. The Balaban J connectivity index is 1.95. The minimum atomic E-state index is -0.182. The van der Waals surface area contributed by atoms with Crippen LogP contribution in [0.15, 0.2) is 35.4 Å². The monoisotopic (exact) mass is 269 g/mol. The molecule has 2 heterocycles. The van der Waals surface area contributed by atoms with Crippen molar-refractivity contribution in [2.45, 2.75) is 19.9 Å². The largest absolute Gasteiger partial charge is 0.369 e. The van der Waals surface area contributed by atoms with Crippen LogP contribution in [0.2, 0.25) is 0 Å². The van der Waals surface area contributed by atoms with Crippen molar-refractivity contribution < 1.29 is 0 Å². The van der Waals surface area contributed by atoms with E-state index in [0.29, 0.717) is 17.7 Å². The summed E-state index contributed by atoms with van der Waals surface area (Å²) in [6.45, 7) is 2.55. The molecule has 0 aliphatic rings. The summed E-state index contributed by atoms with van der Waals surface area (Å²) in [6, 6.07) is 8.10. The van der Waals surface area contributed by atoms with Gasteiger partial charge in [0.05, 0.1) is 6.33 Å². The van der Waals surface area contributed by atoms with Gasteiger partial charge in [0.2, 0.25) is 5.95 Å². The fraction of sp³-hybridized carbons (Fsp3) is 0.214. The standard InChI is InChI=1S/C14H15N5O/c1-9-4-2-3-5-10(9)6-7-19-13(20)11-12(17-8-16-11)18-14(19)15/h2-5,8H,6-7H2,1H3,(H2,15,18)(H,16,17). The summed E-state index contributed by atoms with van der Waals surface area (Å²) in [5.74, 6) is 0.197. The van der Waals surface area contributed by atoms with Gasteiger partial charge in [-0.05, 0) is 24.5 Å². The number of anilines is 1. The zero-order chi connectivity index (χ0) is 14.1. The maximum absolute atomic E-state index is 12.3. The van der Waals surface area contributed by atoms with Crippen LogP contribution in [0.3, 0.4) is 0 Å². The second-order valence-electron chi connectivity index (χ2n) is 4.70. The van der Waals surface area contributed by atoms with Crippen LogP contribution in [0.5, 0.6) is 0 Å². The fourth-order valence-corrected chi connectivity index (χ4v) is 2.28. The Morgan fingerprint density at radius 3 is 2.95 bits per heavy atom. The number of hydrogen-bond acceptors (Lipinski definition) is 4. The van der Waals surface area contributed by atoms with Crippen LogP contribution in [0.4, 0.5) is 5.95 Å². The minimum absolute atomic E-state index is 0.182. The highest BCUT2D eigenvalue weighted by atomic mass is 16.1. The number of aromatic amines is 1. The Morgan fingerprint density at radius 2 is 2.15 bits per heavy atom. The summed E-state index contributed by atoms with van der Waals surface area (Å²) in [7, 11) is 0. The minimum Gasteiger partial charge on any atom is -0.369 e. The van der Waals surface area contributed by atoms with Crippen molar-refractivity contribution in [3.8, 4) is 0 Å². The topological polar surface area (TPSA) is 89.6 Å². The van der Waals surface area contributed by atoms with Gasteiger partial charge in [-0.15, -0.1) is 0 Å². The number of imidazole rings is 1. The molecule has 6 heteroatoms. The average molecular weight is 269 g/mol. The Bertz CT molecular complexity index is 818. The SMILES string of the molecule is Cc1ccccc1CCn1c(N)nc2nc[nH]c2c1=O. The number of benzene rings is 1. The van der Waals surface area contributed by atoms with Gasteiger partial charge in [0.15, 0.2) is 11.2 Å². The van der Waals surface area contributed by atoms with E-state index in [1.54, 1.807) is 0 Å². The Kier molecular flexibility index (Phi) is 2.98. The van der Waals surface area contributed by atoms with E-state index < -0.39 is 0 Å². The van der Waals surface area contributed by atoms with Crippen LogP contribution < -0.4 is 11.3 Å². The van der Waals surface area contributed by atoms with Crippen molar-refractivity contribution in [1.82, 2.24) is 19.5 Å². The molecular formula is C14H15N5O. The van der Waals surface area contributed by atoms with Gasteiger partial charge in [-0.2, -0.15) is 4.98 Å². The number of nitrogen functional groups attached to an aromatic ring is 1. The highest BCUT2D eigenvalue weighted by molar-refractivity contribution is 5.69. The quantitative estimate of drug-likeness (QED) is 0.749. The fourth-order valence-electron chi connectivity index (χ4n) is 2.28. The lowest BCUT2D eigenvalue weighted by Gasteiger charge is -2.10. The first-order chi connectivity index (χ1) is 9.66. The molecule has 0 bridgehead atoms. The van der Waals surface area contributed by atoms with E-state index in [1.807, 2.05) is 12.1 Å². The van der Waals surface area contributed by atoms with Gasteiger partial charge in [-0.3, -0.25) is 9.36 Å². The van der Waals surface area contributed by atoms with E-state index in [0.717, 1.165) is 6.42 Å². The van der Waals surface area contributed by atoms with Crippen molar-refractivity contribution in [3.05, 3.63) is 52.1 Å². The van der Waals surface area contributed by atoms with Crippen molar-refractivity contribution in [1.29, 1.82) is 0 Å². The van der Waals surface area contributed by atoms with E-state index in [2.05, 4.69) is 34.0 Å². The Morgan fingerprint density at radius 1 is 1.35 bits per heavy atom. The maximum Gasteiger partial charge on any atom is 0.280 e. The van der Waals surface area contributed by atoms with Crippen LogP contribution in [0.25, 0.3) is 11.2 Å². The lowest BCUT2D eigenvalue weighted by atomic mass is 10.1. The molecule has 1 aromatic carbocycles. The number of nitrogens with zero attached hydrogens (tertiary/aromatic N) is 3. The summed E-state index contributed by atoms with van der Waals surface area (Å²) >= 11 is 0. The maximum atomic E-state index is 12.3. The van der Waals surface area contributed by atoms with Crippen LogP contribution in [0.1, 0.15) is 11.1 Å². The van der Waals surface area contributed by atoms with E-state index in [1.165, 1.54) is 22.0 Å². The second-order valence-corrected chi connectivity index (χ2v) is 4.70. The van der Waals surface area contributed by atoms with Crippen LogP contribution >= 0.6 is 0 Å². The molecule has 0 radical (unpaired) electrons. The summed E-state index contributed by atoms with van der Waals surface area (Å²) in [5, 5.41) is 0. The summed E-state index contributed by atoms with van der Waals surface area (Å²) < 4.78 is 1.48. The molecule has 0 saturated carbocycles. The smallest absolute Gasteiger partial charge is 0.280 e.